The first kappa shape index (κ1) is 21.0. The second-order valence-electron chi connectivity index (χ2n) is 6.23. The van der Waals surface area contributed by atoms with Gasteiger partial charge in [-0.1, -0.05) is 31.5 Å². The Labute approximate surface area is 152 Å². The van der Waals surface area contributed by atoms with Crippen LogP contribution in [0.15, 0.2) is 24.3 Å². The maximum atomic E-state index is 12.5. The summed E-state index contributed by atoms with van der Waals surface area (Å²) in [5.74, 6) is -1.83. The van der Waals surface area contributed by atoms with Crippen LogP contribution in [0.1, 0.15) is 36.2 Å². The summed E-state index contributed by atoms with van der Waals surface area (Å²) >= 11 is 1.49. The molecule has 0 bridgehead atoms. The van der Waals surface area contributed by atoms with Crippen LogP contribution in [-0.4, -0.2) is 41.9 Å². The largest absolute Gasteiger partial charge is 0.548 e. The summed E-state index contributed by atoms with van der Waals surface area (Å²) < 4.78 is 0. The van der Waals surface area contributed by atoms with Gasteiger partial charge in [-0.2, -0.15) is 11.8 Å². The molecule has 0 radical (unpaired) electrons. The van der Waals surface area contributed by atoms with Crippen LogP contribution < -0.4 is 15.7 Å². The number of aryl methyl sites for hydroxylation is 1. The van der Waals surface area contributed by atoms with Crippen LogP contribution >= 0.6 is 11.8 Å². The fraction of sp³-hybridized carbons (Fsp3) is 0.500. The van der Waals surface area contributed by atoms with E-state index in [9.17, 15) is 19.5 Å². The highest BCUT2D eigenvalue weighted by atomic mass is 32.2. The summed E-state index contributed by atoms with van der Waals surface area (Å²) in [6.45, 7) is 5.45. The summed E-state index contributed by atoms with van der Waals surface area (Å²) in [4.78, 5) is 36.0. The van der Waals surface area contributed by atoms with Gasteiger partial charge < -0.3 is 20.5 Å². The van der Waals surface area contributed by atoms with Gasteiger partial charge in [0.2, 0.25) is 5.91 Å². The molecule has 2 N–H and O–H groups in total. The van der Waals surface area contributed by atoms with Crippen LogP contribution in [-0.2, 0) is 9.59 Å². The number of carboxylic acid groups (broad SMARTS) is 1. The molecule has 6 nitrogen and oxygen atoms in total. The smallest absolute Gasteiger partial charge is 0.251 e. The van der Waals surface area contributed by atoms with Crippen LogP contribution in [0.3, 0.4) is 0 Å². The van der Waals surface area contributed by atoms with Crippen molar-refractivity contribution in [1.29, 1.82) is 0 Å². The second kappa shape index (κ2) is 10.1. The molecule has 0 heterocycles. The molecule has 0 saturated heterocycles. The molecule has 0 fully saturated rings. The van der Waals surface area contributed by atoms with E-state index in [1.54, 1.807) is 32.0 Å². The molecule has 25 heavy (non-hydrogen) atoms. The molecule has 2 amide bonds. The molecule has 1 rings (SSSR count). The van der Waals surface area contributed by atoms with Crippen LogP contribution in [0, 0.1) is 12.8 Å². The number of hydrogen-bond acceptors (Lipinski definition) is 5. The Bertz CT molecular complexity index is 619. The molecule has 0 saturated carbocycles. The third-order valence-corrected chi connectivity index (χ3v) is 4.37. The van der Waals surface area contributed by atoms with E-state index in [4.69, 9.17) is 0 Å². The Balaban J connectivity index is 2.82. The zero-order valence-electron chi connectivity index (χ0n) is 15.0. The Kier molecular flexibility index (Phi) is 8.48. The van der Waals surface area contributed by atoms with Crippen molar-refractivity contribution in [2.45, 2.75) is 39.3 Å². The monoisotopic (exact) mass is 365 g/mol. The average Bonchev–Trinajstić information content (AvgIpc) is 2.55. The van der Waals surface area contributed by atoms with E-state index in [0.717, 1.165) is 5.56 Å². The summed E-state index contributed by atoms with van der Waals surface area (Å²) in [7, 11) is 0. The SMILES string of the molecule is CSCC[C@H](NC(=O)[C@H](NC(=O)c1cccc(C)c1)C(C)C)C(=O)[O-]. The number of carbonyl (C=O) groups excluding carboxylic acids is 3. The Morgan fingerprint density at radius 2 is 1.88 bits per heavy atom. The molecule has 7 heteroatoms. The number of carboxylic acids is 1. The van der Waals surface area contributed by atoms with E-state index in [-0.39, 0.29) is 18.2 Å². The number of rotatable bonds is 9. The number of hydrogen-bond donors (Lipinski definition) is 2. The van der Waals surface area contributed by atoms with Crippen LogP contribution in [0.2, 0.25) is 0 Å². The molecule has 0 aliphatic carbocycles. The van der Waals surface area contributed by atoms with Crippen molar-refractivity contribution in [3.05, 3.63) is 35.4 Å². The van der Waals surface area contributed by atoms with E-state index in [0.29, 0.717) is 11.3 Å². The van der Waals surface area contributed by atoms with E-state index in [1.165, 1.54) is 11.8 Å². The predicted molar refractivity (Wildman–Crippen MR) is 97.2 cm³/mol. The van der Waals surface area contributed by atoms with E-state index in [1.807, 2.05) is 19.2 Å². The molecule has 0 spiro atoms. The first-order valence-corrected chi connectivity index (χ1v) is 9.53. The Morgan fingerprint density at radius 1 is 1.20 bits per heavy atom. The van der Waals surface area contributed by atoms with Crippen molar-refractivity contribution in [2.24, 2.45) is 5.92 Å². The minimum absolute atomic E-state index is 0.197. The first-order valence-electron chi connectivity index (χ1n) is 8.14. The molecular weight excluding hydrogens is 340 g/mol. The van der Waals surface area contributed by atoms with Gasteiger partial charge in [0, 0.05) is 5.56 Å². The van der Waals surface area contributed by atoms with E-state index < -0.39 is 24.0 Å². The fourth-order valence-electron chi connectivity index (χ4n) is 2.29. The minimum atomic E-state index is -1.32. The van der Waals surface area contributed by atoms with Gasteiger partial charge >= 0.3 is 0 Å². The van der Waals surface area contributed by atoms with E-state index >= 15 is 0 Å². The molecule has 0 aliphatic rings. The molecule has 1 aromatic carbocycles. The van der Waals surface area contributed by atoms with Crippen LogP contribution in [0.5, 0.6) is 0 Å². The predicted octanol–water partition coefficient (Wildman–Crippen LogP) is 0.737. The van der Waals surface area contributed by atoms with Crippen LogP contribution in [0.25, 0.3) is 0 Å². The number of carbonyl (C=O) groups is 3. The Morgan fingerprint density at radius 3 is 2.40 bits per heavy atom. The van der Waals surface area contributed by atoms with E-state index in [2.05, 4.69) is 10.6 Å². The van der Waals surface area contributed by atoms with Gasteiger partial charge in [0.15, 0.2) is 0 Å². The average molecular weight is 365 g/mol. The number of thioether (sulfide) groups is 1. The van der Waals surface area contributed by atoms with Gasteiger partial charge in [0.05, 0.1) is 12.0 Å². The van der Waals surface area contributed by atoms with Gasteiger partial charge in [-0.25, -0.2) is 0 Å². The molecule has 1 aromatic rings. The number of aliphatic carboxylic acids is 1. The zero-order valence-corrected chi connectivity index (χ0v) is 15.8. The fourth-order valence-corrected chi connectivity index (χ4v) is 2.76. The standard InChI is InChI=1S/C18H26N2O4S/c1-11(2)15(17(22)19-14(18(23)24)8-9-25-4)20-16(21)13-7-5-6-12(3)10-13/h5-7,10-11,14-15H,8-9H2,1-4H3,(H,19,22)(H,20,21)(H,23,24)/p-1/t14-,15+/m0/s1. The highest BCUT2D eigenvalue weighted by Crippen LogP contribution is 2.08. The van der Waals surface area contributed by atoms with Crippen LogP contribution in [0.4, 0.5) is 0 Å². The summed E-state index contributed by atoms with van der Waals surface area (Å²) in [6, 6.07) is 5.14. The highest BCUT2D eigenvalue weighted by molar-refractivity contribution is 7.98. The normalized spacial score (nSPS) is 13.2. The van der Waals surface area contributed by atoms with Gasteiger partial charge in [-0.05, 0) is 43.4 Å². The van der Waals surface area contributed by atoms with Gasteiger partial charge in [0.25, 0.3) is 5.91 Å². The van der Waals surface area contributed by atoms with Crippen molar-refractivity contribution in [2.75, 3.05) is 12.0 Å². The lowest BCUT2D eigenvalue weighted by atomic mass is 10.0. The van der Waals surface area contributed by atoms with Crippen molar-refractivity contribution in [1.82, 2.24) is 10.6 Å². The Hall–Kier alpha value is -2.02. The summed E-state index contributed by atoms with van der Waals surface area (Å²) in [5.41, 5.74) is 1.39. The quantitative estimate of drug-likeness (QED) is 0.672. The lowest BCUT2D eigenvalue weighted by Gasteiger charge is -2.26. The zero-order chi connectivity index (χ0) is 19.0. The van der Waals surface area contributed by atoms with Crippen molar-refractivity contribution in [3.63, 3.8) is 0 Å². The van der Waals surface area contributed by atoms with Crippen molar-refractivity contribution >= 4 is 29.5 Å². The molecule has 0 aliphatic heterocycles. The van der Waals surface area contributed by atoms with Crippen molar-refractivity contribution < 1.29 is 19.5 Å². The lowest BCUT2D eigenvalue weighted by Crippen LogP contribution is -2.56. The van der Waals surface area contributed by atoms with Crippen molar-refractivity contribution in [3.8, 4) is 0 Å². The summed E-state index contributed by atoms with van der Waals surface area (Å²) in [6.07, 6.45) is 2.12. The molecule has 2 atom stereocenters. The molecule has 0 aromatic heterocycles. The number of nitrogens with one attached hydrogen (secondary N) is 2. The number of benzene rings is 1. The molecule has 0 unspecified atom stereocenters. The lowest BCUT2D eigenvalue weighted by molar-refractivity contribution is -0.308. The number of amides is 2. The first-order chi connectivity index (χ1) is 11.8. The van der Waals surface area contributed by atoms with Gasteiger partial charge in [0.1, 0.15) is 6.04 Å². The molecular formula is C18H25N2O4S-. The maximum Gasteiger partial charge on any atom is 0.251 e. The minimum Gasteiger partial charge on any atom is -0.548 e. The second-order valence-corrected chi connectivity index (χ2v) is 7.21. The topological polar surface area (TPSA) is 98.3 Å². The third-order valence-electron chi connectivity index (χ3n) is 3.73. The third kappa shape index (κ3) is 6.78. The maximum absolute atomic E-state index is 12.5. The highest BCUT2D eigenvalue weighted by Gasteiger charge is 2.26. The van der Waals surface area contributed by atoms with Gasteiger partial charge in [-0.3, -0.25) is 9.59 Å². The van der Waals surface area contributed by atoms with Gasteiger partial charge in [-0.15, -0.1) is 0 Å². The summed E-state index contributed by atoms with van der Waals surface area (Å²) in [5, 5.41) is 16.4. The molecule has 138 valence electrons.